The lowest BCUT2D eigenvalue weighted by Gasteiger charge is -2.42. The van der Waals surface area contributed by atoms with Gasteiger partial charge in [0.05, 0.1) is 28.7 Å². The molecule has 1 aromatic heterocycles. The van der Waals surface area contributed by atoms with E-state index in [0.29, 0.717) is 17.5 Å². The normalized spacial score (nSPS) is 14.8. The lowest BCUT2D eigenvalue weighted by molar-refractivity contribution is 0.393. The smallest absolute Gasteiger partial charge is 0.112 e. The molecule has 0 radical (unpaired) electrons. The van der Waals surface area contributed by atoms with Gasteiger partial charge in [0.1, 0.15) is 5.82 Å². The van der Waals surface area contributed by atoms with E-state index in [1.807, 2.05) is 30.3 Å². The van der Waals surface area contributed by atoms with E-state index < -0.39 is 0 Å². The van der Waals surface area contributed by atoms with Crippen LogP contribution >= 0.6 is 0 Å². The summed E-state index contributed by atoms with van der Waals surface area (Å²) >= 11 is 0. The molecule has 0 N–H and O–H groups in total. The van der Waals surface area contributed by atoms with Crippen LogP contribution in [-0.4, -0.2) is 22.6 Å². The quantitative estimate of drug-likeness (QED) is 0.731. The molecule has 2 aromatic carbocycles. The molecule has 120 valence electrons. The minimum Gasteiger partial charge on any atom is -0.367 e. The molecule has 4 heteroatoms. The Kier molecular flexibility index (Phi) is 3.50. The molecule has 4 rings (SSSR count). The summed E-state index contributed by atoms with van der Waals surface area (Å²) in [4.78, 5) is 7.20. The predicted octanol–water partition coefficient (Wildman–Crippen LogP) is 4.09. The standard InChI is InChI=1S/C20H20N4/c1-14(2)20-22-18-5-3-4-6-19(18)24(20)17-12-23(13-17)16-9-7-15(11-21)8-10-16/h3-10,14,17H,12-13H2,1-2H3. The van der Waals surface area contributed by atoms with E-state index in [9.17, 15) is 0 Å². The zero-order valence-electron chi connectivity index (χ0n) is 14.0. The molecule has 1 aliphatic rings. The van der Waals surface area contributed by atoms with Crippen molar-refractivity contribution in [3.63, 3.8) is 0 Å². The number of fused-ring (bicyclic) bond motifs is 1. The van der Waals surface area contributed by atoms with Crippen LogP contribution in [0.3, 0.4) is 0 Å². The van der Waals surface area contributed by atoms with Crippen molar-refractivity contribution in [2.75, 3.05) is 18.0 Å². The average Bonchev–Trinajstić information content (AvgIpc) is 2.94. The number of hydrogen-bond donors (Lipinski definition) is 0. The van der Waals surface area contributed by atoms with Gasteiger partial charge in [0, 0.05) is 24.7 Å². The summed E-state index contributed by atoms with van der Waals surface area (Å²) in [6.07, 6.45) is 0. The van der Waals surface area contributed by atoms with E-state index in [-0.39, 0.29) is 0 Å². The molecule has 24 heavy (non-hydrogen) atoms. The zero-order chi connectivity index (χ0) is 16.7. The second kappa shape index (κ2) is 5.68. The largest absolute Gasteiger partial charge is 0.367 e. The number of benzene rings is 2. The van der Waals surface area contributed by atoms with Crippen molar-refractivity contribution in [1.82, 2.24) is 9.55 Å². The maximum absolute atomic E-state index is 8.91. The number of anilines is 1. The van der Waals surface area contributed by atoms with Crippen molar-refractivity contribution in [3.05, 3.63) is 59.9 Å². The minimum atomic E-state index is 0.404. The van der Waals surface area contributed by atoms with Crippen LogP contribution in [0.4, 0.5) is 5.69 Å². The molecule has 2 heterocycles. The van der Waals surface area contributed by atoms with Crippen LogP contribution in [0, 0.1) is 11.3 Å². The molecule has 1 aliphatic heterocycles. The fraction of sp³-hybridized carbons (Fsp3) is 0.300. The molecular formula is C20H20N4. The second-order valence-corrected chi connectivity index (χ2v) is 6.70. The number of para-hydroxylation sites is 2. The Morgan fingerprint density at radius 1 is 1.08 bits per heavy atom. The summed E-state index contributed by atoms with van der Waals surface area (Å²) in [6, 6.07) is 18.8. The van der Waals surface area contributed by atoms with Gasteiger partial charge in [-0.25, -0.2) is 4.98 Å². The molecule has 0 aliphatic carbocycles. The number of nitriles is 1. The molecule has 0 saturated carbocycles. The number of imidazole rings is 1. The van der Waals surface area contributed by atoms with E-state index in [1.165, 1.54) is 17.0 Å². The van der Waals surface area contributed by atoms with E-state index in [2.05, 4.69) is 47.6 Å². The van der Waals surface area contributed by atoms with Gasteiger partial charge < -0.3 is 9.47 Å². The Labute approximate surface area is 142 Å². The summed E-state index contributed by atoms with van der Waals surface area (Å²) < 4.78 is 2.42. The molecule has 0 amide bonds. The van der Waals surface area contributed by atoms with Gasteiger partial charge in [0.2, 0.25) is 0 Å². The summed E-state index contributed by atoms with van der Waals surface area (Å²) in [7, 11) is 0. The van der Waals surface area contributed by atoms with E-state index in [1.54, 1.807) is 0 Å². The van der Waals surface area contributed by atoms with Crippen LogP contribution in [0.25, 0.3) is 11.0 Å². The first-order chi connectivity index (χ1) is 11.7. The fourth-order valence-corrected chi connectivity index (χ4v) is 3.43. The third kappa shape index (κ3) is 2.33. The number of aromatic nitrogens is 2. The van der Waals surface area contributed by atoms with Crippen molar-refractivity contribution < 1.29 is 0 Å². The Balaban J connectivity index is 1.61. The topological polar surface area (TPSA) is 44.9 Å². The highest BCUT2D eigenvalue weighted by atomic mass is 15.3. The molecule has 0 atom stereocenters. The fourth-order valence-electron chi connectivity index (χ4n) is 3.43. The zero-order valence-corrected chi connectivity index (χ0v) is 14.0. The summed E-state index contributed by atoms with van der Waals surface area (Å²) in [5.41, 5.74) is 4.20. The van der Waals surface area contributed by atoms with Crippen LogP contribution in [0.15, 0.2) is 48.5 Å². The van der Waals surface area contributed by atoms with Crippen LogP contribution < -0.4 is 4.90 Å². The summed E-state index contributed by atoms with van der Waals surface area (Å²) in [6.45, 7) is 6.36. The Morgan fingerprint density at radius 2 is 1.79 bits per heavy atom. The van der Waals surface area contributed by atoms with Gasteiger partial charge in [-0.15, -0.1) is 0 Å². The minimum absolute atomic E-state index is 0.404. The van der Waals surface area contributed by atoms with Gasteiger partial charge in [-0.3, -0.25) is 0 Å². The molecular weight excluding hydrogens is 296 g/mol. The van der Waals surface area contributed by atoms with E-state index in [0.717, 1.165) is 18.6 Å². The molecule has 1 saturated heterocycles. The number of nitrogens with zero attached hydrogens (tertiary/aromatic N) is 4. The van der Waals surface area contributed by atoms with Gasteiger partial charge in [-0.2, -0.15) is 5.26 Å². The van der Waals surface area contributed by atoms with Crippen molar-refractivity contribution in [2.45, 2.75) is 25.8 Å². The first kappa shape index (κ1) is 14.8. The summed E-state index contributed by atoms with van der Waals surface area (Å²) in [5, 5.41) is 8.91. The maximum Gasteiger partial charge on any atom is 0.112 e. The van der Waals surface area contributed by atoms with Crippen LogP contribution in [0.5, 0.6) is 0 Å². The number of rotatable bonds is 3. The van der Waals surface area contributed by atoms with Crippen molar-refractivity contribution in [3.8, 4) is 6.07 Å². The first-order valence-electron chi connectivity index (χ1n) is 8.39. The van der Waals surface area contributed by atoms with Crippen molar-refractivity contribution in [1.29, 1.82) is 5.26 Å². The summed E-state index contributed by atoms with van der Waals surface area (Å²) in [5.74, 6) is 1.57. The maximum atomic E-state index is 8.91. The van der Waals surface area contributed by atoms with Gasteiger partial charge in [-0.1, -0.05) is 26.0 Å². The Morgan fingerprint density at radius 3 is 2.46 bits per heavy atom. The lowest BCUT2D eigenvalue weighted by Crippen LogP contribution is -2.48. The van der Waals surface area contributed by atoms with E-state index in [4.69, 9.17) is 10.2 Å². The Hall–Kier alpha value is -2.80. The number of hydrogen-bond acceptors (Lipinski definition) is 3. The van der Waals surface area contributed by atoms with Crippen molar-refractivity contribution >= 4 is 16.7 Å². The third-order valence-corrected chi connectivity index (χ3v) is 4.73. The highest BCUT2D eigenvalue weighted by Crippen LogP contribution is 2.33. The molecule has 0 spiro atoms. The third-order valence-electron chi connectivity index (χ3n) is 4.73. The predicted molar refractivity (Wildman–Crippen MR) is 96.2 cm³/mol. The van der Waals surface area contributed by atoms with Gasteiger partial charge >= 0.3 is 0 Å². The van der Waals surface area contributed by atoms with Crippen LogP contribution in [0.1, 0.15) is 37.2 Å². The molecule has 4 nitrogen and oxygen atoms in total. The molecule has 0 bridgehead atoms. The monoisotopic (exact) mass is 316 g/mol. The van der Waals surface area contributed by atoms with Gasteiger partial charge in [0.25, 0.3) is 0 Å². The van der Waals surface area contributed by atoms with Crippen molar-refractivity contribution in [2.24, 2.45) is 0 Å². The molecule has 3 aromatic rings. The van der Waals surface area contributed by atoms with Gasteiger partial charge in [-0.05, 0) is 36.4 Å². The molecule has 0 unspecified atom stereocenters. The van der Waals surface area contributed by atoms with Gasteiger partial charge in [0.15, 0.2) is 0 Å². The van der Waals surface area contributed by atoms with E-state index >= 15 is 0 Å². The lowest BCUT2D eigenvalue weighted by atomic mass is 10.0. The highest BCUT2D eigenvalue weighted by molar-refractivity contribution is 5.76. The SMILES string of the molecule is CC(C)c1nc2ccccc2n1C1CN(c2ccc(C#N)cc2)C1. The van der Waals surface area contributed by atoms with Crippen LogP contribution in [-0.2, 0) is 0 Å². The second-order valence-electron chi connectivity index (χ2n) is 6.70. The average molecular weight is 316 g/mol. The first-order valence-corrected chi connectivity index (χ1v) is 8.39. The highest BCUT2D eigenvalue weighted by Gasteiger charge is 2.31. The molecule has 1 fully saturated rings. The Bertz CT molecular complexity index is 909. The van der Waals surface area contributed by atoms with Crippen LogP contribution in [0.2, 0.25) is 0 Å².